The summed E-state index contributed by atoms with van der Waals surface area (Å²) in [4.78, 5) is 18.0. The third-order valence-electron chi connectivity index (χ3n) is 5.12. The SMILES string of the molecule is CCCc1cc(OC)c([C@@H]2C=C(C)CC[C@H]2C(=O)N(C)OC)c(OC)c1. The van der Waals surface area contributed by atoms with Gasteiger partial charge in [-0.2, -0.15) is 0 Å². The Bertz CT molecular complexity index is 643. The first-order valence-corrected chi connectivity index (χ1v) is 9.20. The highest BCUT2D eigenvalue weighted by atomic mass is 16.7. The second-order valence-corrected chi connectivity index (χ2v) is 6.87. The average molecular weight is 361 g/mol. The van der Waals surface area contributed by atoms with E-state index in [0.717, 1.165) is 42.7 Å². The maximum absolute atomic E-state index is 12.9. The van der Waals surface area contributed by atoms with Crippen molar-refractivity contribution in [3.8, 4) is 11.5 Å². The van der Waals surface area contributed by atoms with Gasteiger partial charge in [0.15, 0.2) is 0 Å². The molecule has 26 heavy (non-hydrogen) atoms. The highest BCUT2D eigenvalue weighted by molar-refractivity contribution is 5.80. The topological polar surface area (TPSA) is 48.0 Å². The van der Waals surface area contributed by atoms with Crippen LogP contribution >= 0.6 is 0 Å². The van der Waals surface area contributed by atoms with Crippen LogP contribution in [-0.4, -0.2) is 39.3 Å². The minimum Gasteiger partial charge on any atom is -0.496 e. The van der Waals surface area contributed by atoms with Crippen LogP contribution < -0.4 is 9.47 Å². The zero-order valence-electron chi connectivity index (χ0n) is 16.8. The van der Waals surface area contributed by atoms with Crippen molar-refractivity contribution in [2.75, 3.05) is 28.4 Å². The van der Waals surface area contributed by atoms with Crippen LogP contribution in [0.3, 0.4) is 0 Å². The molecule has 0 radical (unpaired) electrons. The van der Waals surface area contributed by atoms with Crippen molar-refractivity contribution in [2.45, 2.75) is 45.4 Å². The highest BCUT2D eigenvalue weighted by Crippen LogP contribution is 2.45. The Hall–Kier alpha value is -2.01. The summed E-state index contributed by atoms with van der Waals surface area (Å²) in [5.74, 6) is 1.23. The number of nitrogens with zero attached hydrogens (tertiary/aromatic N) is 1. The van der Waals surface area contributed by atoms with Crippen molar-refractivity contribution in [2.24, 2.45) is 5.92 Å². The van der Waals surface area contributed by atoms with Crippen molar-refractivity contribution in [1.82, 2.24) is 5.06 Å². The standard InChI is InChI=1S/C21H31NO4/c1-7-8-15-12-18(24-4)20(19(13-15)25-5)17-11-14(2)9-10-16(17)21(23)22(3)26-6/h11-13,16-17H,7-10H2,1-6H3/t16-,17-/m1/s1. The molecule has 1 aliphatic rings. The Labute approximate surface area is 156 Å². The molecule has 5 heteroatoms. The molecule has 2 rings (SSSR count). The van der Waals surface area contributed by atoms with Gasteiger partial charge in [0, 0.05) is 18.5 Å². The molecule has 0 N–H and O–H groups in total. The van der Waals surface area contributed by atoms with E-state index in [4.69, 9.17) is 14.3 Å². The molecule has 1 aliphatic carbocycles. The number of ether oxygens (including phenoxy) is 2. The van der Waals surface area contributed by atoms with Crippen molar-refractivity contribution in [3.63, 3.8) is 0 Å². The number of hydrogen-bond donors (Lipinski definition) is 0. The molecule has 2 atom stereocenters. The molecule has 0 saturated heterocycles. The largest absolute Gasteiger partial charge is 0.496 e. The van der Waals surface area contributed by atoms with E-state index >= 15 is 0 Å². The fourth-order valence-corrected chi connectivity index (χ4v) is 3.71. The van der Waals surface area contributed by atoms with Crippen LogP contribution in [0.25, 0.3) is 0 Å². The molecule has 0 unspecified atom stereocenters. The van der Waals surface area contributed by atoms with Gasteiger partial charge in [0.1, 0.15) is 11.5 Å². The minimum absolute atomic E-state index is 0.0250. The van der Waals surface area contributed by atoms with Gasteiger partial charge < -0.3 is 9.47 Å². The number of hydroxylamine groups is 2. The van der Waals surface area contributed by atoms with E-state index in [0.29, 0.717) is 0 Å². The Morgan fingerprint density at radius 1 is 1.19 bits per heavy atom. The van der Waals surface area contributed by atoms with Gasteiger partial charge >= 0.3 is 0 Å². The summed E-state index contributed by atoms with van der Waals surface area (Å²) in [6.45, 7) is 4.26. The second-order valence-electron chi connectivity index (χ2n) is 6.87. The molecule has 1 amide bonds. The van der Waals surface area contributed by atoms with Crippen molar-refractivity contribution in [1.29, 1.82) is 0 Å². The zero-order chi connectivity index (χ0) is 19.3. The average Bonchev–Trinajstić information content (AvgIpc) is 2.66. The zero-order valence-corrected chi connectivity index (χ0v) is 16.8. The monoisotopic (exact) mass is 361 g/mol. The number of carbonyl (C=O) groups excluding carboxylic acids is 1. The van der Waals surface area contributed by atoms with Gasteiger partial charge in [0.25, 0.3) is 0 Å². The lowest BCUT2D eigenvalue weighted by Crippen LogP contribution is -2.36. The number of hydrogen-bond acceptors (Lipinski definition) is 4. The van der Waals surface area contributed by atoms with E-state index < -0.39 is 0 Å². The lowest BCUT2D eigenvalue weighted by Gasteiger charge is -2.33. The van der Waals surface area contributed by atoms with Crippen LogP contribution in [0.4, 0.5) is 0 Å². The molecular weight excluding hydrogens is 330 g/mol. The van der Waals surface area contributed by atoms with Crippen LogP contribution in [0.2, 0.25) is 0 Å². The van der Waals surface area contributed by atoms with Crippen LogP contribution in [-0.2, 0) is 16.1 Å². The molecule has 0 aromatic heterocycles. The Kier molecular flexibility index (Phi) is 7.09. The summed E-state index contributed by atoms with van der Waals surface area (Å²) in [6.07, 6.45) is 5.87. The lowest BCUT2D eigenvalue weighted by molar-refractivity contribution is -0.174. The molecule has 5 nitrogen and oxygen atoms in total. The van der Waals surface area contributed by atoms with Gasteiger partial charge in [0.05, 0.1) is 27.2 Å². The molecule has 1 aromatic rings. The number of benzene rings is 1. The summed E-state index contributed by atoms with van der Waals surface area (Å²) >= 11 is 0. The smallest absolute Gasteiger partial charge is 0.249 e. The maximum atomic E-state index is 12.9. The van der Waals surface area contributed by atoms with Gasteiger partial charge in [-0.3, -0.25) is 9.63 Å². The van der Waals surface area contributed by atoms with E-state index in [1.807, 2.05) is 0 Å². The van der Waals surface area contributed by atoms with E-state index in [-0.39, 0.29) is 17.7 Å². The fourth-order valence-electron chi connectivity index (χ4n) is 3.71. The number of amides is 1. The lowest BCUT2D eigenvalue weighted by atomic mass is 9.75. The molecule has 0 saturated carbocycles. The third kappa shape index (κ3) is 4.21. The normalized spacial score (nSPS) is 19.7. The molecule has 0 heterocycles. The number of rotatable bonds is 7. The van der Waals surface area contributed by atoms with Crippen molar-refractivity contribution >= 4 is 5.91 Å². The summed E-state index contributed by atoms with van der Waals surface area (Å²) in [5, 5.41) is 1.32. The Morgan fingerprint density at radius 3 is 2.31 bits per heavy atom. The van der Waals surface area contributed by atoms with Gasteiger partial charge in [-0.25, -0.2) is 5.06 Å². The number of aryl methyl sites for hydroxylation is 1. The predicted octanol–water partition coefficient (Wildman–Crippen LogP) is 4.12. The molecule has 1 aromatic carbocycles. The summed E-state index contributed by atoms with van der Waals surface area (Å²) in [6, 6.07) is 4.14. The first-order chi connectivity index (χ1) is 12.5. The van der Waals surface area contributed by atoms with E-state index in [9.17, 15) is 4.79 Å². The molecule has 0 fully saturated rings. The van der Waals surface area contributed by atoms with Crippen molar-refractivity contribution in [3.05, 3.63) is 34.9 Å². The van der Waals surface area contributed by atoms with Crippen LogP contribution in [0.5, 0.6) is 11.5 Å². The first-order valence-electron chi connectivity index (χ1n) is 9.20. The van der Waals surface area contributed by atoms with Gasteiger partial charge in [-0.1, -0.05) is 25.0 Å². The third-order valence-corrected chi connectivity index (χ3v) is 5.12. The molecule has 0 spiro atoms. The van der Waals surface area contributed by atoms with E-state index in [1.165, 1.54) is 23.3 Å². The fraction of sp³-hybridized carbons (Fsp3) is 0.571. The van der Waals surface area contributed by atoms with Crippen LogP contribution in [0, 0.1) is 5.92 Å². The maximum Gasteiger partial charge on any atom is 0.249 e. The van der Waals surface area contributed by atoms with Crippen LogP contribution in [0.1, 0.15) is 50.2 Å². The van der Waals surface area contributed by atoms with Crippen molar-refractivity contribution < 1.29 is 19.1 Å². The number of methoxy groups -OCH3 is 2. The molecular formula is C21H31NO4. The highest BCUT2D eigenvalue weighted by Gasteiger charge is 2.36. The molecule has 0 aliphatic heterocycles. The molecule has 144 valence electrons. The molecule has 0 bridgehead atoms. The summed E-state index contributed by atoms with van der Waals surface area (Å²) in [7, 11) is 6.51. The summed E-state index contributed by atoms with van der Waals surface area (Å²) < 4.78 is 11.4. The number of carbonyl (C=O) groups is 1. The number of allylic oxidation sites excluding steroid dienone is 2. The van der Waals surface area contributed by atoms with Gasteiger partial charge in [0.2, 0.25) is 5.91 Å². The Balaban J connectivity index is 2.57. The summed E-state index contributed by atoms with van der Waals surface area (Å²) in [5.41, 5.74) is 3.40. The van der Waals surface area contributed by atoms with E-state index in [1.54, 1.807) is 21.3 Å². The van der Waals surface area contributed by atoms with E-state index in [2.05, 4.69) is 32.1 Å². The predicted molar refractivity (Wildman–Crippen MR) is 103 cm³/mol. The van der Waals surface area contributed by atoms with Crippen LogP contribution in [0.15, 0.2) is 23.8 Å². The minimum atomic E-state index is -0.205. The first kappa shape index (κ1) is 20.3. The van der Waals surface area contributed by atoms with Gasteiger partial charge in [-0.15, -0.1) is 0 Å². The second kappa shape index (κ2) is 9.08. The quantitative estimate of drug-likeness (QED) is 0.541. The van der Waals surface area contributed by atoms with Gasteiger partial charge in [-0.05, 0) is 43.9 Å². The Morgan fingerprint density at radius 2 is 1.81 bits per heavy atom.